The number of hydrogen-bond acceptors (Lipinski definition) is 3. The lowest BCUT2D eigenvalue weighted by Crippen LogP contribution is -2.34. The fraction of sp³-hybridized carbons (Fsp3) is 0.875. The van der Waals surface area contributed by atoms with Gasteiger partial charge in [-0.3, -0.25) is 4.79 Å². The number of aliphatic hydroxyl groups excluding tert-OH is 1. The molecular weight excluding hydrogens is 174 g/mol. The maximum absolute atomic E-state index is 11.4. The number of carbonyl (C=O) groups excluding carboxylic acids is 1. The van der Waals surface area contributed by atoms with E-state index in [1.165, 1.54) is 0 Å². The molecule has 0 aromatic heterocycles. The lowest BCUT2D eigenvalue weighted by molar-refractivity contribution is -0.129. The van der Waals surface area contributed by atoms with E-state index in [2.05, 4.69) is 12.6 Å². The molecule has 0 aromatic rings. The fourth-order valence-electron chi connectivity index (χ4n) is 1.45. The Kier molecular flexibility index (Phi) is 3.40. The topological polar surface area (TPSA) is 40.5 Å². The van der Waals surface area contributed by atoms with Gasteiger partial charge in [0, 0.05) is 25.6 Å². The van der Waals surface area contributed by atoms with E-state index in [0.29, 0.717) is 6.54 Å². The monoisotopic (exact) mass is 189 g/mol. The van der Waals surface area contributed by atoms with Crippen LogP contribution in [0.3, 0.4) is 0 Å². The highest BCUT2D eigenvalue weighted by molar-refractivity contribution is 7.81. The molecule has 2 atom stereocenters. The van der Waals surface area contributed by atoms with Crippen molar-refractivity contribution in [1.29, 1.82) is 0 Å². The second-order valence-corrected chi connectivity index (χ2v) is 4.07. The lowest BCUT2D eigenvalue weighted by atomic mass is 10.1. The molecule has 0 radical (unpaired) electrons. The Balaban J connectivity index is 2.41. The number of aliphatic hydroxyl groups is 1. The van der Waals surface area contributed by atoms with E-state index in [1.807, 2.05) is 0 Å². The zero-order valence-corrected chi connectivity index (χ0v) is 8.13. The number of nitrogens with zero attached hydrogens (tertiary/aromatic N) is 1. The molecule has 0 spiro atoms. The molecule has 0 aromatic carbocycles. The highest BCUT2D eigenvalue weighted by Crippen LogP contribution is 2.17. The summed E-state index contributed by atoms with van der Waals surface area (Å²) in [5.41, 5.74) is 0. The largest absolute Gasteiger partial charge is 0.396 e. The molecule has 1 aliphatic heterocycles. The smallest absolute Gasteiger partial charge is 0.235 e. The molecule has 1 aliphatic rings. The SMILES string of the molecule is CC(S)C(=O)N1CCC(CO)C1. The van der Waals surface area contributed by atoms with Crippen molar-refractivity contribution in [3.05, 3.63) is 0 Å². The van der Waals surface area contributed by atoms with E-state index in [4.69, 9.17) is 5.11 Å². The van der Waals surface area contributed by atoms with E-state index in [-0.39, 0.29) is 23.7 Å². The summed E-state index contributed by atoms with van der Waals surface area (Å²) in [4.78, 5) is 13.2. The Bertz CT molecular complexity index is 172. The van der Waals surface area contributed by atoms with E-state index >= 15 is 0 Å². The highest BCUT2D eigenvalue weighted by Gasteiger charge is 2.26. The summed E-state index contributed by atoms with van der Waals surface area (Å²) in [5, 5.41) is 8.63. The van der Waals surface area contributed by atoms with Crippen molar-refractivity contribution < 1.29 is 9.90 Å². The molecule has 0 bridgehead atoms. The molecule has 1 rings (SSSR count). The second-order valence-electron chi connectivity index (χ2n) is 3.30. The van der Waals surface area contributed by atoms with Crippen LogP contribution in [0.15, 0.2) is 0 Å². The van der Waals surface area contributed by atoms with Crippen molar-refractivity contribution in [2.24, 2.45) is 5.92 Å². The minimum absolute atomic E-state index is 0.0780. The summed E-state index contributed by atoms with van der Waals surface area (Å²) in [5.74, 6) is 0.357. The lowest BCUT2D eigenvalue weighted by Gasteiger charge is -2.17. The maximum atomic E-state index is 11.4. The van der Waals surface area contributed by atoms with Crippen molar-refractivity contribution in [3.8, 4) is 0 Å². The molecule has 0 saturated carbocycles. The summed E-state index contributed by atoms with van der Waals surface area (Å²) >= 11 is 4.07. The summed E-state index contributed by atoms with van der Waals surface area (Å²) < 4.78 is 0. The first kappa shape index (κ1) is 9.86. The van der Waals surface area contributed by atoms with Gasteiger partial charge in [0.2, 0.25) is 5.91 Å². The van der Waals surface area contributed by atoms with Gasteiger partial charge in [-0.1, -0.05) is 0 Å². The van der Waals surface area contributed by atoms with Gasteiger partial charge < -0.3 is 10.0 Å². The molecule has 12 heavy (non-hydrogen) atoms. The molecular formula is C8H15NO2S. The van der Waals surface area contributed by atoms with Gasteiger partial charge >= 0.3 is 0 Å². The van der Waals surface area contributed by atoms with Crippen LogP contribution < -0.4 is 0 Å². The van der Waals surface area contributed by atoms with Gasteiger partial charge in [0.25, 0.3) is 0 Å². The average molecular weight is 189 g/mol. The van der Waals surface area contributed by atoms with Gasteiger partial charge in [-0.05, 0) is 13.3 Å². The van der Waals surface area contributed by atoms with Gasteiger partial charge in [-0.15, -0.1) is 0 Å². The van der Waals surface area contributed by atoms with Crippen LogP contribution in [0.2, 0.25) is 0 Å². The molecule has 1 amide bonds. The first-order valence-electron chi connectivity index (χ1n) is 4.23. The first-order chi connectivity index (χ1) is 5.65. The molecule has 4 heteroatoms. The standard InChI is InChI=1S/C8H15NO2S/c1-6(12)8(11)9-3-2-7(4-9)5-10/h6-7,10,12H,2-5H2,1H3. The zero-order chi connectivity index (χ0) is 9.14. The van der Waals surface area contributed by atoms with Gasteiger partial charge in [-0.25, -0.2) is 0 Å². The Morgan fingerprint density at radius 2 is 2.50 bits per heavy atom. The Labute approximate surface area is 78.2 Å². The molecule has 1 saturated heterocycles. The molecule has 2 unspecified atom stereocenters. The molecule has 1 heterocycles. The van der Waals surface area contributed by atoms with E-state index < -0.39 is 0 Å². The predicted molar refractivity (Wildman–Crippen MR) is 50.2 cm³/mol. The third-order valence-corrected chi connectivity index (χ3v) is 2.43. The van der Waals surface area contributed by atoms with Gasteiger partial charge in [0.05, 0.1) is 5.25 Å². The van der Waals surface area contributed by atoms with E-state index in [0.717, 1.165) is 13.0 Å². The number of hydrogen-bond donors (Lipinski definition) is 2. The highest BCUT2D eigenvalue weighted by atomic mass is 32.1. The zero-order valence-electron chi connectivity index (χ0n) is 7.23. The molecule has 70 valence electrons. The third-order valence-electron chi connectivity index (χ3n) is 2.21. The van der Waals surface area contributed by atoms with Crippen LogP contribution in [0.1, 0.15) is 13.3 Å². The van der Waals surface area contributed by atoms with Gasteiger partial charge in [0.1, 0.15) is 0 Å². The number of thiol groups is 1. The van der Waals surface area contributed by atoms with Crippen LogP contribution in [0.4, 0.5) is 0 Å². The van der Waals surface area contributed by atoms with Gasteiger partial charge in [-0.2, -0.15) is 12.6 Å². The number of amides is 1. The first-order valence-corrected chi connectivity index (χ1v) is 4.74. The summed E-state index contributed by atoms with van der Waals surface area (Å²) in [6.45, 7) is 3.43. The Hall–Kier alpha value is -0.220. The minimum atomic E-state index is -0.220. The van der Waals surface area contributed by atoms with Crippen LogP contribution in [-0.4, -0.2) is 40.9 Å². The molecule has 3 nitrogen and oxygen atoms in total. The normalized spacial score (nSPS) is 25.9. The van der Waals surface area contributed by atoms with Crippen LogP contribution >= 0.6 is 12.6 Å². The summed E-state index contributed by atoms with van der Waals surface area (Å²) in [7, 11) is 0. The third kappa shape index (κ3) is 2.14. The fourth-order valence-corrected chi connectivity index (χ4v) is 1.61. The Morgan fingerprint density at radius 1 is 1.83 bits per heavy atom. The predicted octanol–water partition coefficient (Wildman–Crippen LogP) is 0.146. The van der Waals surface area contributed by atoms with Crippen molar-refractivity contribution in [2.75, 3.05) is 19.7 Å². The minimum Gasteiger partial charge on any atom is -0.396 e. The van der Waals surface area contributed by atoms with E-state index in [9.17, 15) is 4.79 Å². The average Bonchev–Trinajstić information content (AvgIpc) is 2.50. The van der Waals surface area contributed by atoms with Crippen molar-refractivity contribution in [3.63, 3.8) is 0 Å². The second kappa shape index (κ2) is 4.14. The summed E-state index contributed by atoms with van der Waals surface area (Å²) in [6.07, 6.45) is 0.919. The van der Waals surface area contributed by atoms with E-state index in [1.54, 1.807) is 11.8 Å². The number of rotatable bonds is 2. The number of likely N-dealkylation sites (tertiary alicyclic amines) is 1. The molecule has 0 aliphatic carbocycles. The van der Waals surface area contributed by atoms with Crippen LogP contribution in [0, 0.1) is 5.92 Å². The quantitative estimate of drug-likeness (QED) is 0.607. The van der Waals surface area contributed by atoms with Crippen LogP contribution in [-0.2, 0) is 4.79 Å². The Morgan fingerprint density at radius 3 is 2.92 bits per heavy atom. The van der Waals surface area contributed by atoms with Crippen molar-refractivity contribution in [1.82, 2.24) is 4.90 Å². The molecule has 1 N–H and O–H groups in total. The molecule has 1 fully saturated rings. The van der Waals surface area contributed by atoms with Crippen molar-refractivity contribution >= 4 is 18.5 Å². The van der Waals surface area contributed by atoms with Gasteiger partial charge in [0.15, 0.2) is 0 Å². The van der Waals surface area contributed by atoms with Crippen molar-refractivity contribution in [2.45, 2.75) is 18.6 Å². The van der Waals surface area contributed by atoms with Crippen LogP contribution in [0.25, 0.3) is 0 Å². The maximum Gasteiger partial charge on any atom is 0.235 e. The van der Waals surface area contributed by atoms with Crippen LogP contribution in [0.5, 0.6) is 0 Å². The number of carbonyl (C=O) groups is 1. The summed E-state index contributed by atoms with van der Waals surface area (Å²) in [6, 6.07) is 0.